The van der Waals surface area contributed by atoms with Gasteiger partial charge in [0.1, 0.15) is 0 Å². The summed E-state index contributed by atoms with van der Waals surface area (Å²) in [4.78, 5) is 12.6. The van der Waals surface area contributed by atoms with Crippen LogP contribution in [0, 0.1) is 11.8 Å². The van der Waals surface area contributed by atoms with Crippen molar-refractivity contribution in [2.24, 2.45) is 17.6 Å². The third kappa shape index (κ3) is 3.83. The van der Waals surface area contributed by atoms with Crippen molar-refractivity contribution in [3.63, 3.8) is 0 Å². The minimum atomic E-state index is 0. The minimum Gasteiger partial charge on any atom is -0.353 e. The van der Waals surface area contributed by atoms with Gasteiger partial charge in [-0.05, 0) is 54.0 Å². The molecule has 4 heteroatoms. The molecular formula is C21H27ClN2O. The Morgan fingerprint density at radius 1 is 1.08 bits per heavy atom. The summed E-state index contributed by atoms with van der Waals surface area (Å²) in [7, 11) is 0. The van der Waals surface area contributed by atoms with Crippen LogP contribution in [-0.4, -0.2) is 18.5 Å². The fourth-order valence-electron chi connectivity index (χ4n) is 4.26. The highest BCUT2D eigenvalue weighted by atomic mass is 35.5. The number of carbonyl (C=O) groups is 1. The second kappa shape index (κ2) is 7.76. The number of benzene rings is 2. The summed E-state index contributed by atoms with van der Waals surface area (Å²) < 4.78 is 0. The van der Waals surface area contributed by atoms with E-state index in [1.165, 1.54) is 29.2 Å². The predicted molar refractivity (Wildman–Crippen MR) is 105 cm³/mol. The van der Waals surface area contributed by atoms with Gasteiger partial charge >= 0.3 is 0 Å². The van der Waals surface area contributed by atoms with Gasteiger partial charge in [0.05, 0.1) is 0 Å². The Morgan fingerprint density at radius 2 is 1.84 bits per heavy atom. The molecule has 0 spiro atoms. The van der Waals surface area contributed by atoms with Crippen LogP contribution in [0.5, 0.6) is 0 Å². The zero-order chi connectivity index (χ0) is 16.5. The van der Waals surface area contributed by atoms with Crippen molar-refractivity contribution in [2.45, 2.75) is 44.1 Å². The Kier molecular flexibility index (Phi) is 5.65. The van der Waals surface area contributed by atoms with E-state index in [1.807, 2.05) is 0 Å². The van der Waals surface area contributed by atoms with Crippen LogP contribution < -0.4 is 11.1 Å². The second-order valence-corrected chi connectivity index (χ2v) is 7.45. The molecule has 3 N–H and O–H groups in total. The molecule has 0 aromatic heterocycles. The van der Waals surface area contributed by atoms with Crippen LogP contribution in [0.25, 0.3) is 10.8 Å². The number of carbonyl (C=O) groups excluding carboxylic acids is 1. The van der Waals surface area contributed by atoms with Gasteiger partial charge in [-0.2, -0.15) is 0 Å². The average Bonchev–Trinajstić information content (AvgIpc) is 3.43. The van der Waals surface area contributed by atoms with Crippen LogP contribution in [0.4, 0.5) is 0 Å². The van der Waals surface area contributed by atoms with Crippen molar-refractivity contribution in [2.75, 3.05) is 6.54 Å². The van der Waals surface area contributed by atoms with Gasteiger partial charge in [-0.25, -0.2) is 0 Å². The maximum atomic E-state index is 12.6. The lowest BCUT2D eigenvalue weighted by Gasteiger charge is -2.31. The molecule has 1 amide bonds. The molecule has 4 atom stereocenters. The van der Waals surface area contributed by atoms with Gasteiger partial charge in [0.25, 0.3) is 0 Å². The van der Waals surface area contributed by atoms with Crippen LogP contribution in [0.3, 0.4) is 0 Å². The lowest BCUT2D eigenvalue weighted by molar-refractivity contribution is -0.123. The normalized spacial score (nSPS) is 28.2. The van der Waals surface area contributed by atoms with Crippen LogP contribution in [0.1, 0.15) is 43.6 Å². The molecule has 0 radical (unpaired) electrons. The molecule has 2 aliphatic rings. The van der Waals surface area contributed by atoms with Gasteiger partial charge in [-0.15, -0.1) is 12.4 Å². The molecule has 2 aromatic carbocycles. The van der Waals surface area contributed by atoms with Crippen molar-refractivity contribution in [3.8, 4) is 0 Å². The van der Waals surface area contributed by atoms with E-state index in [0.717, 1.165) is 19.3 Å². The molecule has 0 heterocycles. The molecular weight excluding hydrogens is 332 g/mol. The van der Waals surface area contributed by atoms with Crippen LogP contribution >= 0.6 is 12.4 Å². The average molecular weight is 359 g/mol. The van der Waals surface area contributed by atoms with E-state index in [0.29, 0.717) is 18.4 Å². The Morgan fingerprint density at radius 3 is 2.64 bits per heavy atom. The Bertz CT molecular complexity index is 748. The summed E-state index contributed by atoms with van der Waals surface area (Å²) in [6.45, 7) is 0.684. The summed E-state index contributed by atoms with van der Waals surface area (Å²) in [5.41, 5.74) is 7.18. The SMILES string of the molecule is Cl.NCC1CCCCC1NC(=O)C1CC1c1ccc2ccccc2c1. The van der Waals surface area contributed by atoms with E-state index in [2.05, 4.69) is 47.8 Å². The van der Waals surface area contributed by atoms with Gasteiger partial charge in [0, 0.05) is 12.0 Å². The first-order valence-corrected chi connectivity index (χ1v) is 9.25. The number of nitrogens with two attached hydrogens (primary N) is 1. The van der Waals surface area contributed by atoms with Crippen LogP contribution in [0.2, 0.25) is 0 Å². The molecule has 2 saturated carbocycles. The predicted octanol–water partition coefficient (Wildman–Crippen LogP) is 4.00. The molecule has 0 bridgehead atoms. The third-order valence-electron chi connectivity index (χ3n) is 5.87. The summed E-state index contributed by atoms with van der Waals surface area (Å²) in [6, 6.07) is 15.3. The standard InChI is InChI=1S/C21H26N2O.ClH/c22-13-17-7-3-4-8-20(17)23-21(24)19-12-18(19)16-10-9-14-5-1-2-6-15(14)11-16;/h1-2,5-6,9-11,17-20H,3-4,7-8,12-13,22H2,(H,23,24);1H. The van der Waals surface area contributed by atoms with Gasteiger partial charge in [-0.3, -0.25) is 4.79 Å². The Hall–Kier alpha value is -1.58. The molecule has 0 aliphatic heterocycles. The lowest BCUT2D eigenvalue weighted by atomic mass is 9.84. The minimum absolute atomic E-state index is 0. The topological polar surface area (TPSA) is 55.1 Å². The fourth-order valence-corrected chi connectivity index (χ4v) is 4.26. The smallest absolute Gasteiger partial charge is 0.223 e. The Balaban J connectivity index is 0.00000182. The largest absolute Gasteiger partial charge is 0.353 e. The van der Waals surface area contributed by atoms with E-state index in [4.69, 9.17) is 5.73 Å². The number of amides is 1. The number of fused-ring (bicyclic) bond motifs is 1. The Labute approximate surface area is 155 Å². The summed E-state index contributed by atoms with van der Waals surface area (Å²) in [6.07, 6.45) is 5.67. The molecule has 0 saturated heterocycles. The van der Waals surface area contributed by atoms with Gasteiger partial charge in [0.15, 0.2) is 0 Å². The van der Waals surface area contributed by atoms with Gasteiger partial charge < -0.3 is 11.1 Å². The van der Waals surface area contributed by atoms with Crippen molar-refractivity contribution in [1.82, 2.24) is 5.32 Å². The maximum Gasteiger partial charge on any atom is 0.223 e. The first kappa shape index (κ1) is 18.2. The first-order chi connectivity index (χ1) is 11.8. The number of hydrogen-bond donors (Lipinski definition) is 2. The molecule has 3 nitrogen and oxygen atoms in total. The van der Waals surface area contributed by atoms with Gasteiger partial charge in [0.2, 0.25) is 5.91 Å². The molecule has 2 fully saturated rings. The molecule has 2 aromatic rings. The summed E-state index contributed by atoms with van der Waals surface area (Å²) >= 11 is 0. The second-order valence-electron chi connectivity index (χ2n) is 7.45. The first-order valence-electron chi connectivity index (χ1n) is 9.25. The number of halogens is 1. The molecule has 4 rings (SSSR count). The van der Waals surface area contributed by atoms with E-state index in [9.17, 15) is 4.79 Å². The van der Waals surface area contributed by atoms with E-state index in [1.54, 1.807) is 0 Å². The highest BCUT2D eigenvalue weighted by Crippen LogP contribution is 2.48. The molecule has 134 valence electrons. The molecule has 25 heavy (non-hydrogen) atoms. The summed E-state index contributed by atoms with van der Waals surface area (Å²) in [5.74, 6) is 1.22. The van der Waals surface area contributed by atoms with E-state index in [-0.39, 0.29) is 30.3 Å². The van der Waals surface area contributed by atoms with Crippen molar-refractivity contribution in [3.05, 3.63) is 48.0 Å². The van der Waals surface area contributed by atoms with Gasteiger partial charge in [-0.1, -0.05) is 55.3 Å². The lowest BCUT2D eigenvalue weighted by Crippen LogP contribution is -2.45. The monoisotopic (exact) mass is 358 g/mol. The fraction of sp³-hybridized carbons (Fsp3) is 0.476. The maximum absolute atomic E-state index is 12.6. The van der Waals surface area contributed by atoms with E-state index < -0.39 is 0 Å². The zero-order valence-electron chi connectivity index (χ0n) is 14.5. The van der Waals surface area contributed by atoms with Crippen LogP contribution in [-0.2, 0) is 4.79 Å². The number of rotatable bonds is 4. The van der Waals surface area contributed by atoms with Crippen molar-refractivity contribution < 1.29 is 4.79 Å². The zero-order valence-corrected chi connectivity index (χ0v) is 15.3. The highest BCUT2D eigenvalue weighted by Gasteiger charge is 2.44. The van der Waals surface area contributed by atoms with E-state index >= 15 is 0 Å². The third-order valence-corrected chi connectivity index (χ3v) is 5.87. The molecule has 4 unspecified atom stereocenters. The number of hydrogen-bond acceptors (Lipinski definition) is 2. The highest BCUT2D eigenvalue weighted by molar-refractivity contribution is 5.86. The van der Waals surface area contributed by atoms with Crippen LogP contribution in [0.15, 0.2) is 42.5 Å². The van der Waals surface area contributed by atoms with Crippen molar-refractivity contribution in [1.29, 1.82) is 0 Å². The van der Waals surface area contributed by atoms with Crippen molar-refractivity contribution >= 4 is 29.1 Å². The summed E-state index contributed by atoms with van der Waals surface area (Å²) in [5, 5.41) is 5.82. The number of nitrogens with one attached hydrogen (secondary N) is 1. The molecule has 2 aliphatic carbocycles. The quantitative estimate of drug-likeness (QED) is 0.867.